The molecule has 3 amide bonds. The lowest BCUT2D eigenvalue weighted by Gasteiger charge is -2.13. The highest BCUT2D eigenvalue weighted by molar-refractivity contribution is 6.21. The first-order valence-electron chi connectivity index (χ1n) is 9.23. The van der Waals surface area contributed by atoms with Crippen molar-refractivity contribution in [3.8, 4) is 0 Å². The summed E-state index contributed by atoms with van der Waals surface area (Å²) in [7, 11) is 0. The van der Waals surface area contributed by atoms with Gasteiger partial charge in [-0.3, -0.25) is 19.3 Å². The molecule has 0 saturated heterocycles. The Morgan fingerprint density at radius 3 is 2.38 bits per heavy atom. The van der Waals surface area contributed by atoms with E-state index >= 15 is 0 Å². The van der Waals surface area contributed by atoms with Crippen LogP contribution < -0.4 is 10.9 Å². The molecule has 7 heteroatoms. The molecule has 0 fully saturated rings. The van der Waals surface area contributed by atoms with Crippen LogP contribution in [0.1, 0.15) is 39.1 Å². The maximum atomic E-state index is 12.3. The summed E-state index contributed by atoms with van der Waals surface area (Å²) in [6, 6.07) is 13.2. The van der Waals surface area contributed by atoms with E-state index in [9.17, 15) is 19.2 Å². The van der Waals surface area contributed by atoms with Gasteiger partial charge in [-0.15, -0.1) is 0 Å². The minimum atomic E-state index is -0.445. The van der Waals surface area contributed by atoms with Gasteiger partial charge >= 0.3 is 5.63 Å². The van der Waals surface area contributed by atoms with Crippen LogP contribution in [0.2, 0.25) is 0 Å². The van der Waals surface area contributed by atoms with Gasteiger partial charge in [-0.05, 0) is 43.2 Å². The molecular formula is C22H18N2O5. The monoisotopic (exact) mass is 390 g/mol. The Bertz CT molecular complexity index is 1180. The predicted molar refractivity (Wildman–Crippen MR) is 107 cm³/mol. The van der Waals surface area contributed by atoms with Crippen molar-refractivity contribution in [1.29, 1.82) is 0 Å². The Morgan fingerprint density at radius 1 is 1.00 bits per heavy atom. The molecule has 2 heterocycles. The maximum Gasteiger partial charge on any atom is 0.336 e. The first-order chi connectivity index (χ1) is 13.9. The van der Waals surface area contributed by atoms with Gasteiger partial charge in [0.25, 0.3) is 11.8 Å². The first kappa shape index (κ1) is 18.6. The van der Waals surface area contributed by atoms with Crippen molar-refractivity contribution in [3.63, 3.8) is 0 Å². The van der Waals surface area contributed by atoms with E-state index in [0.29, 0.717) is 28.8 Å². The van der Waals surface area contributed by atoms with Gasteiger partial charge in [0.1, 0.15) is 5.58 Å². The van der Waals surface area contributed by atoms with Crippen LogP contribution >= 0.6 is 0 Å². The molecule has 0 spiro atoms. The fourth-order valence-electron chi connectivity index (χ4n) is 3.47. The lowest BCUT2D eigenvalue weighted by atomic mass is 10.1. The zero-order chi connectivity index (χ0) is 20.5. The van der Waals surface area contributed by atoms with E-state index in [2.05, 4.69) is 5.32 Å². The largest absolute Gasteiger partial charge is 0.423 e. The van der Waals surface area contributed by atoms with E-state index in [1.807, 2.05) is 6.92 Å². The maximum absolute atomic E-state index is 12.3. The number of carbonyl (C=O) groups excluding carboxylic acids is 3. The highest BCUT2D eigenvalue weighted by Crippen LogP contribution is 2.23. The molecule has 0 bridgehead atoms. The van der Waals surface area contributed by atoms with E-state index in [4.69, 9.17) is 4.42 Å². The number of aryl methyl sites for hydroxylation is 1. The van der Waals surface area contributed by atoms with Crippen LogP contribution in [0.3, 0.4) is 0 Å². The van der Waals surface area contributed by atoms with Crippen molar-refractivity contribution in [2.24, 2.45) is 0 Å². The number of nitrogens with one attached hydrogen (secondary N) is 1. The standard InChI is InChI=1S/C22H18N2O5/c1-13-11-20(26)29-18-12-14(8-9-15(13)18)23-19(25)7-4-10-24-21(27)16-5-2-3-6-17(16)22(24)28/h2-3,5-6,8-9,11-12H,4,7,10H2,1H3,(H,23,25). The molecular weight excluding hydrogens is 372 g/mol. The molecule has 146 valence electrons. The van der Waals surface area contributed by atoms with Crippen LogP contribution in [-0.4, -0.2) is 29.2 Å². The third-order valence-corrected chi connectivity index (χ3v) is 4.90. The molecule has 2 aromatic carbocycles. The minimum absolute atomic E-state index is 0.142. The topological polar surface area (TPSA) is 96.7 Å². The molecule has 3 aromatic rings. The smallest absolute Gasteiger partial charge is 0.336 e. The Morgan fingerprint density at radius 2 is 1.69 bits per heavy atom. The number of benzene rings is 2. The molecule has 1 aliphatic rings. The van der Waals surface area contributed by atoms with Gasteiger partial charge in [0, 0.05) is 36.2 Å². The van der Waals surface area contributed by atoms with Gasteiger partial charge in [-0.1, -0.05) is 12.1 Å². The molecule has 1 aliphatic heterocycles. The van der Waals surface area contributed by atoms with Crippen molar-refractivity contribution in [2.45, 2.75) is 19.8 Å². The van der Waals surface area contributed by atoms with E-state index in [0.717, 1.165) is 10.9 Å². The lowest BCUT2D eigenvalue weighted by Crippen LogP contribution is -2.31. The van der Waals surface area contributed by atoms with Gasteiger partial charge in [0.05, 0.1) is 11.1 Å². The van der Waals surface area contributed by atoms with Gasteiger partial charge in [0.15, 0.2) is 0 Å². The number of hydrogen-bond donors (Lipinski definition) is 1. The number of rotatable bonds is 5. The average Bonchev–Trinajstić information content (AvgIpc) is 2.93. The molecule has 4 rings (SSSR count). The van der Waals surface area contributed by atoms with Crippen LogP contribution in [0.25, 0.3) is 11.0 Å². The SMILES string of the molecule is Cc1cc(=O)oc2cc(NC(=O)CCCN3C(=O)c4ccccc4C3=O)ccc12. The van der Waals surface area contributed by atoms with Crippen LogP contribution in [0.15, 0.2) is 57.7 Å². The first-order valence-corrected chi connectivity index (χ1v) is 9.23. The summed E-state index contributed by atoms with van der Waals surface area (Å²) < 4.78 is 5.18. The molecule has 0 radical (unpaired) electrons. The normalized spacial score (nSPS) is 13.1. The van der Waals surface area contributed by atoms with Crippen molar-refractivity contribution < 1.29 is 18.8 Å². The second kappa shape index (κ2) is 7.35. The quantitative estimate of drug-likeness (QED) is 0.533. The number of hydrogen-bond acceptors (Lipinski definition) is 5. The summed E-state index contributed by atoms with van der Waals surface area (Å²) >= 11 is 0. The molecule has 0 saturated carbocycles. The number of amides is 3. The third-order valence-electron chi connectivity index (χ3n) is 4.90. The minimum Gasteiger partial charge on any atom is -0.423 e. The molecule has 29 heavy (non-hydrogen) atoms. The second-order valence-electron chi connectivity index (χ2n) is 6.92. The number of nitrogens with zero attached hydrogens (tertiary/aromatic N) is 1. The average molecular weight is 390 g/mol. The predicted octanol–water partition coefficient (Wildman–Crippen LogP) is 3.12. The van der Waals surface area contributed by atoms with Gasteiger partial charge in [0.2, 0.25) is 5.91 Å². The summed E-state index contributed by atoms with van der Waals surface area (Å²) in [4.78, 5) is 49.6. The van der Waals surface area contributed by atoms with Crippen LogP contribution in [0.5, 0.6) is 0 Å². The number of carbonyl (C=O) groups is 3. The Kier molecular flexibility index (Phi) is 4.72. The number of imide groups is 1. The molecule has 0 atom stereocenters. The summed E-state index contributed by atoms with van der Waals surface area (Å²) in [6.07, 6.45) is 0.488. The summed E-state index contributed by atoms with van der Waals surface area (Å²) in [6.45, 7) is 1.99. The summed E-state index contributed by atoms with van der Waals surface area (Å²) in [5.74, 6) is -0.909. The summed E-state index contributed by atoms with van der Waals surface area (Å²) in [5, 5.41) is 3.55. The summed E-state index contributed by atoms with van der Waals surface area (Å²) in [5.41, 5.74) is 2.06. The Balaban J connectivity index is 1.36. The van der Waals surface area contributed by atoms with Gasteiger partial charge in [-0.25, -0.2) is 4.79 Å². The van der Waals surface area contributed by atoms with Crippen LogP contribution in [0, 0.1) is 6.92 Å². The van der Waals surface area contributed by atoms with Crippen molar-refractivity contribution >= 4 is 34.4 Å². The molecule has 7 nitrogen and oxygen atoms in total. The van der Waals surface area contributed by atoms with Crippen molar-refractivity contribution in [2.75, 3.05) is 11.9 Å². The fraction of sp³-hybridized carbons (Fsp3) is 0.182. The zero-order valence-electron chi connectivity index (χ0n) is 15.7. The van der Waals surface area contributed by atoms with Crippen LogP contribution in [0.4, 0.5) is 5.69 Å². The number of fused-ring (bicyclic) bond motifs is 2. The second-order valence-corrected chi connectivity index (χ2v) is 6.92. The number of anilines is 1. The molecule has 1 aromatic heterocycles. The van der Waals surface area contributed by atoms with Gasteiger partial charge in [-0.2, -0.15) is 0 Å². The molecule has 1 N–H and O–H groups in total. The highest BCUT2D eigenvalue weighted by atomic mass is 16.4. The fourth-order valence-corrected chi connectivity index (χ4v) is 3.47. The van der Waals surface area contributed by atoms with Crippen molar-refractivity contribution in [3.05, 3.63) is 75.6 Å². The van der Waals surface area contributed by atoms with E-state index in [1.54, 1.807) is 42.5 Å². The zero-order valence-corrected chi connectivity index (χ0v) is 15.7. The van der Waals surface area contributed by atoms with E-state index < -0.39 is 5.63 Å². The highest BCUT2D eigenvalue weighted by Gasteiger charge is 2.34. The van der Waals surface area contributed by atoms with Crippen molar-refractivity contribution in [1.82, 2.24) is 4.90 Å². The lowest BCUT2D eigenvalue weighted by molar-refractivity contribution is -0.116. The molecule has 0 aliphatic carbocycles. The van der Waals surface area contributed by atoms with Gasteiger partial charge < -0.3 is 9.73 Å². The molecule has 0 unspecified atom stereocenters. The Labute approximate surface area is 165 Å². The van der Waals surface area contributed by atoms with E-state index in [1.165, 1.54) is 11.0 Å². The van der Waals surface area contributed by atoms with Crippen LogP contribution in [-0.2, 0) is 4.79 Å². The van der Waals surface area contributed by atoms with E-state index in [-0.39, 0.29) is 30.7 Å². The third kappa shape index (κ3) is 3.54. The Hall–Kier alpha value is -3.74.